The number of phosphoric ester groups is 2. The largest absolute Gasteiger partial charge is 0.472 e. The molecular formula is C63H84N22O32P4S2. The van der Waals surface area contributed by atoms with Crippen LogP contribution in [0, 0.1) is 6.92 Å². The van der Waals surface area contributed by atoms with Gasteiger partial charge in [0.2, 0.25) is 11.9 Å². The molecule has 60 heteroatoms. The fraction of sp³-hybridized carbons (Fsp3) is 0.619. The van der Waals surface area contributed by atoms with E-state index in [9.17, 15) is 48.4 Å². The molecule has 16 heterocycles. The standard InChI is InChI=1S/C63H84N22O32P4S2/c1-25-14-81(61(90)80-51(25)87)54-38(100-11-8-97-5)35(86)28(109-54)15-104-120(95,122)115-37-30(111-55(39(37)101-12-9-98-6)82-21-72-31-45(64)68-19-70-47(31)82)17-105-121(96,123)114-36-29(110-56(40(36)102-13-10-99-7)84-23-74-33-49(84)76-59(66)78-52(33)88)16-103-118(91,92)117-44-42-58(85-24-75-34-50(85)77-60(67)79-53(34)89)113-63(44,27(3)108-42)18-106-119(93,94)116-43-41-57(112-62(43,4)26(2)107-41)83-22-73-32-46(65)69-20-71-48(32)83/h14,19-24,26-30,35-44,54-58,86H,8-13,15-18H2,1-7H3,(H,91,92)(H,93,94)(H,95,122)(H,96,123)(H2,64,68,70)(H2,65,69,71)(H,80,87,90)(H3,66,76,78,88)(H3,67,77,79,89)/t26-,27-,28+,29+,30+,35?,36?,37?,38-,39-,40-,41-,42-,43?,44?,54+,55+,56+,57+,58+,62-,63-,120?,121?/m0/s1. The van der Waals surface area contributed by atoms with Gasteiger partial charge in [0.05, 0.1) is 104 Å². The summed E-state index contributed by atoms with van der Waals surface area (Å²) in [6, 6.07) is 0. The van der Waals surface area contributed by atoms with Crippen LogP contribution in [0.2, 0.25) is 0 Å². The number of imidazole rings is 4. The molecule has 9 unspecified atom stereocenters. The predicted molar refractivity (Wildman–Crippen MR) is 419 cm³/mol. The van der Waals surface area contributed by atoms with Crippen LogP contribution in [0.5, 0.6) is 0 Å². The zero-order chi connectivity index (χ0) is 87.3. The highest BCUT2D eigenvalue weighted by Gasteiger charge is 2.71. The Balaban J connectivity index is 0.689. The number of H-pyrrole nitrogens is 3. The van der Waals surface area contributed by atoms with Gasteiger partial charge in [0.1, 0.15) is 114 Å². The summed E-state index contributed by atoms with van der Waals surface area (Å²) < 4.78 is 165. The minimum Gasteiger partial charge on any atom is -0.387 e. The van der Waals surface area contributed by atoms with E-state index in [4.69, 9.17) is 144 Å². The van der Waals surface area contributed by atoms with Gasteiger partial charge >= 0.3 is 34.8 Å². The number of aliphatic hydroxyl groups is 1. The lowest BCUT2D eigenvalue weighted by molar-refractivity contribution is -0.215. The molecule has 0 amide bonds. The minimum atomic E-state index is -5.75. The molecule has 16 rings (SSSR count). The summed E-state index contributed by atoms with van der Waals surface area (Å²) in [7, 11) is -7.01. The Morgan fingerprint density at radius 2 is 0.919 bits per heavy atom. The van der Waals surface area contributed by atoms with Crippen molar-refractivity contribution in [2.75, 3.05) is 110 Å². The number of nitrogens with zero attached hydrogens (tertiary/aromatic N) is 15. The number of aromatic nitrogens is 18. The second-order valence-corrected chi connectivity index (χ2v) is 37.6. The molecule has 7 fully saturated rings. The van der Waals surface area contributed by atoms with E-state index in [1.54, 1.807) is 13.8 Å². The zero-order valence-corrected chi connectivity index (χ0v) is 70.8. The van der Waals surface area contributed by atoms with Crippen LogP contribution in [0.15, 0.2) is 63.3 Å². The Kier molecular flexibility index (Phi) is 25.2. The summed E-state index contributed by atoms with van der Waals surface area (Å²) in [6.07, 6.45) is -20.7. The molecule has 0 spiro atoms. The molecule has 26 atom stereocenters. The van der Waals surface area contributed by atoms with Crippen LogP contribution in [-0.4, -0.2) is 302 Å². The van der Waals surface area contributed by atoms with Gasteiger partial charge in [0, 0.05) is 33.1 Å². The number of methoxy groups -OCH3 is 3. The quantitative estimate of drug-likeness (QED) is 0.0143. The van der Waals surface area contributed by atoms with Gasteiger partial charge in [-0.2, -0.15) is 9.97 Å². The lowest BCUT2D eigenvalue weighted by Crippen LogP contribution is -2.50. The number of anilines is 4. The van der Waals surface area contributed by atoms with Crippen LogP contribution < -0.4 is 45.3 Å². The summed E-state index contributed by atoms with van der Waals surface area (Å²) in [6.45, 7) is -8.10. The van der Waals surface area contributed by atoms with Crippen molar-refractivity contribution >= 4 is 121 Å². The van der Waals surface area contributed by atoms with Gasteiger partial charge in [-0.1, -0.05) is 0 Å². The van der Waals surface area contributed by atoms with E-state index in [1.165, 1.54) is 78.6 Å². The van der Waals surface area contributed by atoms with Crippen molar-refractivity contribution in [3.05, 3.63) is 91.3 Å². The van der Waals surface area contributed by atoms with Gasteiger partial charge in [0.25, 0.3) is 16.7 Å². The van der Waals surface area contributed by atoms with Crippen molar-refractivity contribution < 1.29 is 132 Å². The molecule has 9 aromatic rings. The van der Waals surface area contributed by atoms with E-state index in [0.717, 1.165) is 23.5 Å². The van der Waals surface area contributed by atoms with E-state index in [1.807, 2.05) is 0 Å². The first kappa shape index (κ1) is 88.8. The monoisotopic (exact) mass is 1850 g/mol. The summed E-state index contributed by atoms with van der Waals surface area (Å²) >= 11 is 11.5. The molecule has 54 nitrogen and oxygen atoms in total. The fourth-order valence-electron chi connectivity index (χ4n) is 15.6. The number of rotatable bonds is 37. The highest BCUT2D eigenvalue weighted by molar-refractivity contribution is 8.07. The fourth-order valence-corrected chi connectivity index (χ4v) is 20.5. The van der Waals surface area contributed by atoms with Crippen molar-refractivity contribution in [1.82, 2.24) is 87.6 Å². The predicted octanol–water partition coefficient (Wildman–Crippen LogP) is -2.36. The first-order valence-electron chi connectivity index (χ1n) is 37.4. The molecular weight excluding hydrogens is 1760 g/mol. The normalized spacial score (nSPS) is 32.5. The van der Waals surface area contributed by atoms with Crippen LogP contribution in [-0.2, 0) is 131 Å². The number of hydrogen-bond donors (Lipinski definition) is 12. The number of ether oxygens (including phenoxy) is 13. The number of nitrogens with one attached hydrogen (secondary N) is 3. The van der Waals surface area contributed by atoms with E-state index < -0.39 is 212 Å². The number of fused-ring (bicyclic) bond motifs is 8. The molecule has 0 aromatic carbocycles. The molecule has 0 radical (unpaired) electrons. The number of aromatic amines is 3. The van der Waals surface area contributed by atoms with Crippen molar-refractivity contribution in [1.29, 1.82) is 0 Å². The number of aryl methyl sites for hydroxylation is 1. The summed E-state index contributed by atoms with van der Waals surface area (Å²) in [4.78, 5) is 151. The number of nitrogen functional groups attached to an aromatic ring is 4. The number of hydrogen-bond acceptors (Lipinski definition) is 44. The van der Waals surface area contributed by atoms with E-state index in [-0.39, 0.29) is 113 Å². The molecule has 0 saturated carbocycles. The Hall–Kier alpha value is -7.60. The molecule has 7 saturated heterocycles. The van der Waals surface area contributed by atoms with Crippen LogP contribution in [0.25, 0.3) is 44.7 Å². The average molecular weight is 1850 g/mol. The second-order valence-electron chi connectivity index (χ2n) is 29.2. The topological polar surface area (TPSA) is 702 Å². The van der Waals surface area contributed by atoms with E-state index in [2.05, 4.69) is 64.8 Å². The lowest BCUT2D eigenvalue weighted by Gasteiger charge is -2.36. The third-order valence-electron chi connectivity index (χ3n) is 21.7. The molecule has 16 N–H and O–H groups in total. The number of aliphatic hydroxyl groups excluding tert-OH is 1. The molecule has 4 bridgehead atoms. The van der Waals surface area contributed by atoms with Gasteiger partial charge < -0.3 is 118 Å². The molecule has 670 valence electrons. The zero-order valence-electron chi connectivity index (χ0n) is 65.5. The van der Waals surface area contributed by atoms with Crippen LogP contribution >= 0.6 is 29.1 Å². The maximum atomic E-state index is 15.2. The minimum absolute atomic E-state index is 0.0415. The Labute approximate surface area is 700 Å². The Morgan fingerprint density at radius 3 is 1.46 bits per heavy atom. The molecule has 7 aliphatic rings. The molecule has 9 aromatic heterocycles. The van der Waals surface area contributed by atoms with Gasteiger partial charge in [-0.15, -0.1) is 0 Å². The Morgan fingerprint density at radius 1 is 0.488 bits per heavy atom. The smallest absolute Gasteiger partial charge is 0.387 e. The summed E-state index contributed by atoms with van der Waals surface area (Å²) in [5, 5.41) is 11.8. The third kappa shape index (κ3) is 17.1. The van der Waals surface area contributed by atoms with Crippen molar-refractivity contribution in [3.63, 3.8) is 0 Å². The average Bonchev–Trinajstić information content (AvgIpc) is 1.54. The molecule has 0 aliphatic carbocycles. The van der Waals surface area contributed by atoms with Crippen LogP contribution in [0.3, 0.4) is 0 Å². The maximum Gasteiger partial charge on any atom is 0.472 e. The van der Waals surface area contributed by atoms with E-state index in [0.29, 0.717) is 0 Å². The highest BCUT2D eigenvalue weighted by atomic mass is 32.5. The van der Waals surface area contributed by atoms with Gasteiger partial charge in [-0.25, -0.2) is 53.8 Å². The maximum absolute atomic E-state index is 15.2. The lowest BCUT2D eigenvalue weighted by atomic mass is 9.94. The van der Waals surface area contributed by atoms with Gasteiger partial charge in [-0.05, 0) is 51.3 Å². The third-order valence-corrected chi connectivity index (χ3v) is 26.7. The number of phosphoric acid groups is 2. The summed E-state index contributed by atoms with van der Waals surface area (Å²) in [5.74, 6) is -0.712. The SMILES string of the molecule is COCCO[C@H]1C(O)[C@@H](COP(O)(=S)OC2[C@@H](COP(O)(=S)OC3[C@@H](COP(=O)(O)OC4[C@@H]5O[C@@H](C)[C@]4(COP(=O)(O)OC4[C@@H]6O[C@@H](C)[C@]4(C)O[C@H]6n4cnc6c(N)ncnc64)O[C@H]5n4cnc5c(=O)[nH]c(N)nc54)O[C@@H](n4cnc5c(=O)[nH]c(N)nc54)[C@H]3OCCOC)O[C@@H](n3cnc4c(N)ncnc43)[C@H]2OCCOC)O[C@H]1n1cc(C)c(=O)[nH]c1=O. The molecule has 7 aliphatic heterocycles. The second kappa shape index (κ2) is 34.9. The Bertz CT molecular complexity index is 5890. The number of nitrogens with two attached hydrogens (primary N) is 4. The van der Waals surface area contributed by atoms with Crippen molar-refractivity contribution in [2.45, 2.75) is 162 Å². The van der Waals surface area contributed by atoms with Crippen molar-refractivity contribution in [2.24, 2.45) is 0 Å². The molecule has 123 heavy (non-hydrogen) atoms. The van der Waals surface area contributed by atoms with Gasteiger partial charge in [-0.3, -0.25) is 79.3 Å². The first-order chi connectivity index (χ1) is 58.5. The van der Waals surface area contributed by atoms with Gasteiger partial charge in [0.15, 0.2) is 76.4 Å². The van der Waals surface area contributed by atoms with E-state index >= 15 is 4.57 Å². The highest BCUT2D eigenvalue weighted by Crippen LogP contribution is 2.62. The summed E-state index contributed by atoms with van der Waals surface area (Å²) in [5.41, 5.74) is 17.5. The first-order valence-corrected chi connectivity index (χ1v) is 45.6. The van der Waals surface area contributed by atoms with Crippen LogP contribution in [0.4, 0.5) is 23.5 Å². The van der Waals surface area contributed by atoms with Crippen LogP contribution in [0.1, 0.15) is 57.5 Å². The van der Waals surface area contributed by atoms with Crippen molar-refractivity contribution in [3.8, 4) is 0 Å².